The molecule has 2 aromatic carbocycles. The molecule has 1 heterocycles. The summed E-state index contributed by atoms with van der Waals surface area (Å²) in [5, 5.41) is 3.27. The van der Waals surface area contributed by atoms with Crippen LogP contribution in [-0.2, 0) is 14.9 Å². The highest BCUT2D eigenvalue weighted by atomic mass is 16.5. The summed E-state index contributed by atoms with van der Waals surface area (Å²) in [5.74, 6) is 1.46. The number of benzene rings is 2. The van der Waals surface area contributed by atoms with E-state index in [4.69, 9.17) is 9.47 Å². The SMILES string of the molecule is COc1cccc([C@@]23CCN(CC4CC4)C[C@H]2C(OC(C)=O)C[C@@H](NC(=O)c2ccccc2)C3)c1. The van der Waals surface area contributed by atoms with E-state index in [-0.39, 0.29) is 35.4 Å². The lowest BCUT2D eigenvalue weighted by atomic mass is 9.56. The van der Waals surface area contributed by atoms with Crippen molar-refractivity contribution in [2.75, 3.05) is 26.7 Å². The summed E-state index contributed by atoms with van der Waals surface area (Å²) in [6.45, 7) is 4.54. The minimum absolute atomic E-state index is 0.0809. The predicted octanol–water partition coefficient (Wildman–Crippen LogP) is 4.19. The molecule has 1 amide bonds. The van der Waals surface area contributed by atoms with Gasteiger partial charge in [-0.3, -0.25) is 9.59 Å². The van der Waals surface area contributed by atoms with Crippen molar-refractivity contribution in [3.05, 3.63) is 65.7 Å². The molecular weight excluding hydrogens is 440 g/mol. The molecule has 186 valence electrons. The number of esters is 1. The molecule has 0 radical (unpaired) electrons. The highest BCUT2D eigenvalue weighted by Crippen LogP contribution is 2.51. The van der Waals surface area contributed by atoms with Gasteiger partial charge in [-0.1, -0.05) is 30.3 Å². The lowest BCUT2D eigenvalue weighted by molar-refractivity contribution is -0.157. The van der Waals surface area contributed by atoms with Crippen molar-refractivity contribution in [2.45, 2.75) is 56.6 Å². The predicted molar refractivity (Wildman–Crippen MR) is 134 cm³/mol. The molecule has 5 rings (SSSR count). The van der Waals surface area contributed by atoms with Gasteiger partial charge in [0.05, 0.1) is 7.11 Å². The van der Waals surface area contributed by atoms with Crippen LogP contribution >= 0.6 is 0 Å². The van der Waals surface area contributed by atoms with Gasteiger partial charge in [0.2, 0.25) is 0 Å². The van der Waals surface area contributed by atoms with Gasteiger partial charge in [-0.15, -0.1) is 0 Å². The molecule has 35 heavy (non-hydrogen) atoms. The van der Waals surface area contributed by atoms with Crippen molar-refractivity contribution < 1.29 is 19.1 Å². The molecule has 6 heteroatoms. The van der Waals surface area contributed by atoms with E-state index >= 15 is 0 Å². The Kier molecular flexibility index (Phi) is 6.83. The third-order valence-corrected chi connectivity index (χ3v) is 8.16. The zero-order valence-electron chi connectivity index (χ0n) is 20.7. The van der Waals surface area contributed by atoms with Crippen LogP contribution in [0.4, 0.5) is 0 Å². The molecule has 3 aliphatic rings. The number of carbonyl (C=O) groups is 2. The Balaban J connectivity index is 1.48. The van der Waals surface area contributed by atoms with E-state index in [0.717, 1.165) is 44.1 Å². The fourth-order valence-corrected chi connectivity index (χ4v) is 6.33. The fraction of sp³-hybridized carbons (Fsp3) is 0.517. The lowest BCUT2D eigenvalue weighted by Gasteiger charge is -2.55. The number of fused-ring (bicyclic) bond motifs is 1. The molecule has 4 atom stereocenters. The summed E-state index contributed by atoms with van der Waals surface area (Å²) in [5.41, 5.74) is 1.65. The Morgan fingerprint density at radius 2 is 1.91 bits per heavy atom. The average Bonchev–Trinajstić information content (AvgIpc) is 3.68. The van der Waals surface area contributed by atoms with Crippen molar-refractivity contribution in [2.24, 2.45) is 11.8 Å². The van der Waals surface area contributed by atoms with Crippen molar-refractivity contribution in [1.82, 2.24) is 10.2 Å². The Bertz CT molecular complexity index is 1050. The normalized spacial score (nSPS) is 28.6. The van der Waals surface area contributed by atoms with E-state index in [1.165, 1.54) is 25.3 Å². The minimum atomic E-state index is -0.260. The van der Waals surface area contributed by atoms with Crippen molar-refractivity contribution >= 4 is 11.9 Å². The number of likely N-dealkylation sites (tertiary alicyclic amines) is 1. The number of nitrogens with one attached hydrogen (secondary N) is 1. The lowest BCUT2D eigenvalue weighted by Crippen LogP contribution is -2.61. The van der Waals surface area contributed by atoms with E-state index in [2.05, 4.69) is 22.3 Å². The smallest absolute Gasteiger partial charge is 0.302 e. The van der Waals surface area contributed by atoms with Gasteiger partial charge in [-0.05, 0) is 68.0 Å². The zero-order chi connectivity index (χ0) is 24.4. The van der Waals surface area contributed by atoms with E-state index in [0.29, 0.717) is 12.0 Å². The molecule has 2 saturated carbocycles. The van der Waals surface area contributed by atoms with Gasteiger partial charge in [0.25, 0.3) is 5.91 Å². The molecule has 2 aliphatic carbocycles. The number of carbonyl (C=O) groups excluding carboxylic acids is 2. The molecule has 1 N–H and O–H groups in total. The minimum Gasteiger partial charge on any atom is -0.497 e. The Hall–Kier alpha value is -2.86. The van der Waals surface area contributed by atoms with Crippen LogP contribution in [0.1, 0.15) is 54.9 Å². The molecule has 1 aliphatic heterocycles. The molecule has 6 nitrogen and oxygen atoms in total. The quantitative estimate of drug-likeness (QED) is 0.607. The monoisotopic (exact) mass is 476 g/mol. The van der Waals surface area contributed by atoms with Crippen LogP contribution in [0, 0.1) is 11.8 Å². The van der Waals surface area contributed by atoms with Gasteiger partial charge in [-0.25, -0.2) is 0 Å². The molecule has 0 spiro atoms. The van der Waals surface area contributed by atoms with Gasteiger partial charge in [-0.2, -0.15) is 0 Å². The largest absolute Gasteiger partial charge is 0.497 e. The van der Waals surface area contributed by atoms with Crippen LogP contribution in [0.3, 0.4) is 0 Å². The average molecular weight is 477 g/mol. The van der Waals surface area contributed by atoms with Crippen molar-refractivity contribution in [3.63, 3.8) is 0 Å². The number of hydrogen-bond acceptors (Lipinski definition) is 5. The fourth-order valence-electron chi connectivity index (χ4n) is 6.33. The number of nitrogens with zero attached hydrogens (tertiary/aromatic N) is 1. The van der Waals surface area contributed by atoms with Gasteiger partial charge in [0.1, 0.15) is 11.9 Å². The molecule has 2 aromatic rings. The van der Waals surface area contributed by atoms with Crippen LogP contribution in [0.25, 0.3) is 0 Å². The van der Waals surface area contributed by atoms with Crippen LogP contribution < -0.4 is 10.1 Å². The van der Waals surface area contributed by atoms with Crippen LogP contribution in [0.5, 0.6) is 5.75 Å². The maximum Gasteiger partial charge on any atom is 0.302 e. The maximum atomic E-state index is 13.1. The molecule has 1 saturated heterocycles. The first-order valence-corrected chi connectivity index (χ1v) is 12.9. The summed E-state index contributed by atoms with van der Waals surface area (Å²) < 4.78 is 11.6. The van der Waals surface area contributed by atoms with Crippen LogP contribution in [0.2, 0.25) is 0 Å². The highest BCUT2D eigenvalue weighted by molar-refractivity contribution is 5.94. The van der Waals surface area contributed by atoms with Crippen molar-refractivity contribution in [1.29, 1.82) is 0 Å². The molecular formula is C29H36N2O4. The van der Waals surface area contributed by atoms with E-state index in [1.807, 2.05) is 42.5 Å². The summed E-state index contributed by atoms with van der Waals surface area (Å²) in [6, 6.07) is 17.6. The number of rotatable bonds is 7. The van der Waals surface area contributed by atoms with Gasteiger partial charge in [0.15, 0.2) is 0 Å². The number of piperidine rings is 1. The zero-order valence-corrected chi connectivity index (χ0v) is 20.7. The summed E-state index contributed by atoms with van der Waals surface area (Å²) in [6.07, 6.45) is 4.80. The first-order valence-electron chi connectivity index (χ1n) is 12.9. The van der Waals surface area contributed by atoms with Crippen LogP contribution in [0.15, 0.2) is 54.6 Å². The topological polar surface area (TPSA) is 67.9 Å². The van der Waals surface area contributed by atoms with E-state index in [9.17, 15) is 9.59 Å². The summed E-state index contributed by atoms with van der Waals surface area (Å²) in [7, 11) is 1.69. The maximum absolute atomic E-state index is 13.1. The second-order valence-electron chi connectivity index (χ2n) is 10.6. The van der Waals surface area contributed by atoms with E-state index < -0.39 is 0 Å². The summed E-state index contributed by atoms with van der Waals surface area (Å²) in [4.78, 5) is 27.9. The van der Waals surface area contributed by atoms with Crippen LogP contribution in [-0.4, -0.2) is 55.7 Å². The number of hydrogen-bond donors (Lipinski definition) is 1. The molecule has 0 aromatic heterocycles. The summed E-state index contributed by atoms with van der Waals surface area (Å²) >= 11 is 0. The van der Waals surface area contributed by atoms with Crippen molar-refractivity contribution in [3.8, 4) is 5.75 Å². The van der Waals surface area contributed by atoms with E-state index in [1.54, 1.807) is 7.11 Å². The standard InChI is InChI=1S/C29H36N2O4/c1-20(32)35-27-16-24(30-28(33)22-7-4-3-5-8-22)17-29(23-9-6-10-25(15-23)34-2)13-14-31(19-26(27)29)18-21-11-12-21/h3-10,15,21,24,26-27H,11-14,16-19H2,1-2H3,(H,30,33)/t24-,26+,27?,29+/m1/s1. The first-order chi connectivity index (χ1) is 17.0. The second kappa shape index (κ2) is 10.0. The number of ether oxygens (including phenoxy) is 2. The number of methoxy groups -OCH3 is 1. The Morgan fingerprint density at radius 3 is 2.63 bits per heavy atom. The van der Waals surface area contributed by atoms with Gasteiger partial charge >= 0.3 is 5.97 Å². The second-order valence-corrected chi connectivity index (χ2v) is 10.6. The Morgan fingerprint density at radius 1 is 1.11 bits per heavy atom. The molecule has 1 unspecified atom stereocenters. The molecule has 3 fully saturated rings. The van der Waals surface area contributed by atoms with Gasteiger partial charge < -0.3 is 19.7 Å². The van der Waals surface area contributed by atoms with Gasteiger partial charge in [0, 0.05) is 49.4 Å². The number of amides is 1. The first kappa shape index (κ1) is 23.9. The Labute approximate surface area is 208 Å². The third-order valence-electron chi connectivity index (χ3n) is 8.16. The molecule has 0 bridgehead atoms. The third kappa shape index (κ3) is 5.22. The highest BCUT2D eigenvalue weighted by Gasteiger charge is 2.54.